The van der Waals surface area contributed by atoms with Crippen molar-refractivity contribution < 1.29 is 19.1 Å². The lowest BCUT2D eigenvalue weighted by atomic mass is 9.58. The Labute approximate surface area is 230 Å². The van der Waals surface area contributed by atoms with Gasteiger partial charge in [0.2, 0.25) is 0 Å². The Kier molecular flexibility index (Phi) is 8.14. The minimum Gasteiger partial charge on any atom is -0.462 e. The molecule has 8 nitrogen and oxygen atoms in total. The lowest BCUT2D eigenvalue weighted by Gasteiger charge is -2.48. The first-order chi connectivity index (χ1) is 18.5. The molecule has 2 atom stereocenters. The molecule has 2 aliphatic carbocycles. The maximum Gasteiger partial charge on any atom is 0.331 e. The summed E-state index contributed by atoms with van der Waals surface area (Å²) in [6, 6.07) is 11.0. The minimum atomic E-state index is -0.738. The van der Waals surface area contributed by atoms with E-state index in [0.717, 1.165) is 65.7 Å². The zero-order valence-electron chi connectivity index (χ0n) is 21.4. The molecule has 38 heavy (non-hydrogen) atoms. The normalized spacial score (nSPS) is 20.3. The molecule has 1 N–H and O–H groups in total. The number of nitrogens with zero attached hydrogens (tertiary/aromatic N) is 3. The molecule has 1 unspecified atom stereocenters. The first-order valence-electron chi connectivity index (χ1n) is 13.0. The van der Waals surface area contributed by atoms with Crippen molar-refractivity contribution in [1.82, 2.24) is 9.97 Å². The highest BCUT2D eigenvalue weighted by Gasteiger charge is 2.58. The average Bonchev–Trinajstić information content (AvgIpc) is 2.96. The van der Waals surface area contributed by atoms with Crippen LogP contribution in [-0.4, -0.2) is 58.6 Å². The number of rotatable bonds is 9. The third-order valence-electron chi connectivity index (χ3n) is 7.45. The SMILES string of the molecule is COCCOC(=O)[C@H](Cc1ccc(Nc2nccc3ccncc23)cc1)N=C1C(Br)C(=O)C12CCCCC2. The predicted molar refractivity (Wildman–Crippen MR) is 150 cm³/mol. The number of carbonyl (C=O) groups excluding carboxylic acids is 2. The summed E-state index contributed by atoms with van der Waals surface area (Å²) in [6.07, 6.45) is 10.4. The Balaban J connectivity index is 1.35. The molecule has 2 heterocycles. The maximum absolute atomic E-state index is 13.1. The summed E-state index contributed by atoms with van der Waals surface area (Å²) in [4.78, 5) is 39.1. The largest absolute Gasteiger partial charge is 0.462 e. The lowest BCUT2D eigenvalue weighted by molar-refractivity contribution is -0.146. The summed E-state index contributed by atoms with van der Waals surface area (Å²) in [5.74, 6) is 0.509. The van der Waals surface area contributed by atoms with Crippen LogP contribution in [0.5, 0.6) is 0 Å². The van der Waals surface area contributed by atoms with E-state index < -0.39 is 22.3 Å². The van der Waals surface area contributed by atoms with Gasteiger partial charge in [0.05, 0.1) is 12.0 Å². The molecule has 2 fully saturated rings. The van der Waals surface area contributed by atoms with Crippen LogP contribution in [-0.2, 0) is 25.5 Å². The molecule has 0 radical (unpaired) electrons. The number of halogens is 1. The molecule has 0 bridgehead atoms. The number of nitrogens with one attached hydrogen (secondary N) is 1. The lowest BCUT2D eigenvalue weighted by Crippen LogP contribution is -2.61. The van der Waals surface area contributed by atoms with Gasteiger partial charge in [-0.3, -0.25) is 14.8 Å². The van der Waals surface area contributed by atoms with Crippen LogP contribution in [0.1, 0.15) is 37.7 Å². The molecule has 1 aromatic carbocycles. The van der Waals surface area contributed by atoms with Crippen molar-refractivity contribution in [3.63, 3.8) is 0 Å². The van der Waals surface area contributed by atoms with Crippen LogP contribution >= 0.6 is 15.9 Å². The van der Waals surface area contributed by atoms with Gasteiger partial charge in [-0.15, -0.1) is 0 Å². The number of ether oxygens (including phenoxy) is 2. The second kappa shape index (κ2) is 11.7. The summed E-state index contributed by atoms with van der Waals surface area (Å²) in [6.45, 7) is 0.477. The summed E-state index contributed by atoms with van der Waals surface area (Å²) < 4.78 is 10.5. The van der Waals surface area contributed by atoms with Gasteiger partial charge in [-0.25, -0.2) is 9.78 Å². The van der Waals surface area contributed by atoms with Gasteiger partial charge >= 0.3 is 5.97 Å². The molecular weight excluding hydrogens is 548 g/mol. The zero-order chi connectivity index (χ0) is 26.5. The number of hydrogen-bond acceptors (Lipinski definition) is 8. The van der Waals surface area contributed by atoms with Gasteiger partial charge in [-0.05, 0) is 48.1 Å². The molecule has 5 rings (SSSR count). The number of aliphatic imine (C=N–C) groups is 1. The Hall–Kier alpha value is -3.17. The van der Waals surface area contributed by atoms with Crippen molar-refractivity contribution >= 4 is 55.7 Å². The minimum absolute atomic E-state index is 0.161. The number of ketones is 1. The van der Waals surface area contributed by atoms with Crippen LogP contribution in [0.3, 0.4) is 0 Å². The first-order valence-corrected chi connectivity index (χ1v) is 13.9. The molecular formula is C29H31BrN4O4. The van der Waals surface area contributed by atoms with E-state index in [1.54, 1.807) is 25.7 Å². The Morgan fingerprint density at radius 2 is 1.89 bits per heavy atom. The van der Waals surface area contributed by atoms with Crippen LogP contribution in [0.2, 0.25) is 0 Å². The highest BCUT2D eigenvalue weighted by molar-refractivity contribution is 9.10. The average molecular weight is 579 g/mol. The van der Waals surface area contributed by atoms with Crippen molar-refractivity contribution in [2.75, 3.05) is 25.6 Å². The van der Waals surface area contributed by atoms with E-state index in [2.05, 4.69) is 31.2 Å². The Morgan fingerprint density at radius 3 is 2.66 bits per heavy atom. The van der Waals surface area contributed by atoms with E-state index in [-0.39, 0.29) is 12.4 Å². The van der Waals surface area contributed by atoms with Crippen LogP contribution < -0.4 is 5.32 Å². The van der Waals surface area contributed by atoms with Gasteiger partial charge < -0.3 is 14.8 Å². The predicted octanol–water partition coefficient (Wildman–Crippen LogP) is 5.21. The van der Waals surface area contributed by atoms with E-state index in [0.29, 0.717) is 13.0 Å². The van der Waals surface area contributed by atoms with Crippen molar-refractivity contribution in [3.8, 4) is 0 Å². The van der Waals surface area contributed by atoms with E-state index in [1.165, 1.54) is 0 Å². The number of methoxy groups -OCH3 is 1. The molecule has 1 spiro atoms. The Bertz CT molecular complexity index is 1330. The monoisotopic (exact) mass is 578 g/mol. The fraction of sp³-hybridized carbons (Fsp3) is 0.414. The van der Waals surface area contributed by atoms with Crippen molar-refractivity contribution in [2.45, 2.75) is 49.4 Å². The van der Waals surface area contributed by atoms with Gasteiger partial charge in [0.25, 0.3) is 0 Å². The molecule has 0 amide bonds. The van der Waals surface area contributed by atoms with Gasteiger partial charge in [0.1, 0.15) is 17.3 Å². The number of alkyl halides is 1. The number of Topliss-reactive ketones (excluding diaryl/α,β-unsaturated/α-hetero) is 1. The number of hydrogen-bond donors (Lipinski definition) is 1. The van der Waals surface area contributed by atoms with E-state index in [1.807, 2.05) is 36.4 Å². The number of carbonyl (C=O) groups is 2. The van der Waals surface area contributed by atoms with Crippen LogP contribution in [0.15, 0.2) is 60.0 Å². The standard InChI is InChI=1S/C29H31BrN4O4/c1-37-15-16-38-28(36)23(34-25-24(30)26(35)29(25)11-3-2-4-12-29)17-19-5-7-21(8-6-19)33-27-22-18-31-13-9-20(22)10-14-32-27/h5-10,13-14,18,23-24H,2-4,11-12,15-17H2,1H3,(H,32,33)/t23-,24?/m0/s1. The topological polar surface area (TPSA) is 103 Å². The van der Waals surface area contributed by atoms with Crippen molar-refractivity contribution in [1.29, 1.82) is 0 Å². The molecule has 2 aromatic heterocycles. The molecule has 9 heteroatoms. The van der Waals surface area contributed by atoms with Crippen LogP contribution in [0, 0.1) is 5.41 Å². The summed E-state index contributed by atoms with van der Waals surface area (Å²) in [5, 5.41) is 5.35. The highest BCUT2D eigenvalue weighted by Crippen LogP contribution is 2.49. The molecule has 0 saturated heterocycles. The highest BCUT2D eigenvalue weighted by atomic mass is 79.9. The summed E-state index contributed by atoms with van der Waals surface area (Å²) in [5.41, 5.74) is 2.08. The molecule has 2 saturated carbocycles. The van der Waals surface area contributed by atoms with E-state index in [4.69, 9.17) is 14.5 Å². The fourth-order valence-electron chi connectivity index (χ4n) is 5.37. The van der Waals surface area contributed by atoms with Gasteiger partial charge in [0, 0.05) is 48.9 Å². The molecule has 3 aromatic rings. The number of fused-ring (bicyclic) bond motifs is 1. The van der Waals surface area contributed by atoms with Gasteiger partial charge in [-0.1, -0.05) is 47.3 Å². The van der Waals surface area contributed by atoms with Gasteiger partial charge in [-0.2, -0.15) is 0 Å². The number of esters is 1. The fourth-order valence-corrected chi connectivity index (χ4v) is 6.36. The van der Waals surface area contributed by atoms with E-state index in [9.17, 15) is 9.59 Å². The summed E-state index contributed by atoms with van der Waals surface area (Å²) >= 11 is 3.52. The van der Waals surface area contributed by atoms with Crippen molar-refractivity contribution in [2.24, 2.45) is 10.4 Å². The zero-order valence-corrected chi connectivity index (χ0v) is 22.9. The number of benzene rings is 1. The first kappa shape index (κ1) is 26.4. The number of pyridine rings is 2. The quantitative estimate of drug-likeness (QED) is 0.211. The van der Waals surface area contributed by atoms with E-state index >= 15 is 0 Å². The molecule has 2 aliphatic rings. The number of anilines is 2. The third-order valence-corrected chi connectivity index (χ3v) is 8.30. The molecule has 0 aliphatic heterocycles. The maximum atomic E-state index is 13.1. The van der Waals surface area contributed by atoms with Gasteiger partial charge in [0.15, 0.2) is 11.8 Å². The van der Waals surface area contributed by atoms with Crippen LogP contribution in [0.25, 0.3) is 10.8 Å². The second-order valence-corrected chi connectivity index (χ2v) is 10.8. The van der Waals surface area contributed by atoms with Crippen LogP contribution in [0.4, 0.5) is 11.5 Å². The molecule has 198 valence electrons. The number of aromatic nitrogens is 2. The smallest absolute Gasteiger partial charge is 0.331 e. The summed E-state index contributed by atoms with van der Waals surface area (Å²) in [7, 11) is 1.56. The Morgan fingerprint density at radius 1 is 1.13 bits per heavy atom. The van der Waals surface area contributed by atoms with Crippen molar-refractivity contribution in [3.05, 3.63) is 60.6 Å². The second-order valence-electron chi connectivity index (χ2n) is 9.84. The third kappa shape index (κ3) is 5.35.